The smallest absolute Gasteiger partial charge is 0.0630 e. The highest BCUT2D eigenvalue weighted by molar-refractivity contribution is 4.98. The van der Waals surface area contributed by atoms with Crippen molar-refractivity contribution in [2.24, 2.45) is 5.73 Å². The van der Waals surface area contributed by atoms with Crippen molar-refractivity contribution in [2.45, 2.75) is 30.8 Å². The van der Waals surface area contributed by atoms with E-state index in [1.165, 1.54) is 19.3 Å². The van der Waals surface area contributed by atoms with Gasteiger partial charge in [-0.15, -0.1) is 0 Å². The monoisotopic (exact) mass is 229 g/mol. The van der Waals surface area contributed by atoms with Crippen LogP contribution in [0.3, 0.4) is 0 Å². The zero-order chi connectivity index (χ0) is 12.2. The van der Waals surface area contributed by atoms with E-state index in [0.717, 1.165) is 13.2 Å². The van der Waals surface area contributed by atoms with Gasteiger partial charge in [0.05, 0.1) is 6.61 Å². The van der Waals surface area contributed by atoms with Gasteiger partial charge in [0.2, 0.25) is 0 Å². The summed E-state index contributed by atoms with van der Waals surface area (Å²) in [6.45, 7) is 2.47. The molecule has 16 heavy (non-hydrogen) atoms. The first kappa shape index (κ1) is 13.9. The second kappa shape index (κ2) is 5.96. The van der Waals surface area contributed by atoms with Crippen LogP contribution in [0.2, 0.25) is 0 Å². The summed E-state index contributed by atoms with van der Waals surface area (Å²) >= 11 is 0. The van der Waals surface area contributed by atoms with Crippen LogP contribution < -0.4 is 5.73 Å². The molecule has 0 saturated heterocycles. The third-order valence-corrected chi connectivity index (χ3v) is 4.03. The van der Waals surface area contributed by atoms with Crippen LogP contribution in [-0.4, -0.2) is 69.3 Å². The van der Waals surface area contributed by atoms with E-state index in [-0.39, 0.29) is 0 Å². The van der Waals surface area contributed by atoms with E-state index in [1.54, 1.807) is 7.11 Å². The number of rotatable bonds is 7. The highest BCUT2D eigenvalue weighted by atomic mass is 16.5. The van der Waals surface area contributed by atoms with E-state index in [1.807, 2.05) is 0 Å². The van der Waals surface area contributed by atoms with Crippen LogP contribution in [-0.2, 0) is 4.74 Å². The molecule has 0 aliphatic heterocycles. The Morgan fingerprint density at radius 1 is 1.31 bits per heavy atom. The molecule has 4 nitrogen and oxygen atoms in total. The SMILES string of the molecule is COCC(CN)N(C)CC1(N(C)C)CCC1. The summed E-state index contributed by atoms with van der Waals surface area (Å²) in [5, 5.41) is 0. The molecule has 0 spiro atoms. The lowest BCUT2D eigenvalue weighted by Gasteiger charge is -2.50. The summed E-state index contributed by atoms with van der Waals surface area (Å²) in [5.41, 5.74) is 6.15. The zero-order valence-electron chi connectivity index (χ0n) is 11.2. The second-order valence-electron chi connectivity index (χ2n) is 5.23. The van der Waals surface area contributed by atoms with Gasteiger partial charge >= 0.3 is 0 Å². The van der Waals surface area contributed by atoms with Gasteiger partial charge in [-0.05, 0) is 40.4 Å². The van der Waals surface area contributed by atoms with Gasteiger partial charge in [0, 0.05) is 31.8 Å². The van der Waals surface area contributed by atoms with E-state index in [2.05, 4.69) is 30.9 Å². The fraction of sp³-hybridized carbons (Fsp3) is 1.00. The number of nitrogens with two attached hydrogens (primary N) is 1. The molecular formula is C12H27N3O. The molecule has 0 aromatic carbocycles. The van der Waals surface area contributed by atoms with Crippen molar-refractivity contribution in [3.05, 3.63) is 0 Å². The largest absolute Gasteiger partial charge is 0.383 e. The number of ether oxygens (including phenoxy) is 1. The molecule has 2 N–H and O–H groups in total. The van der Waals surface area contributed by atoms with Crippen LogP contribution in [0.25, 0.3) is 0 Å². The van der Waals surface area contributed by atoms with Crippen molar-refractivity contribution in [3.63, 3.8) is 0 Å². The first-order valence-corrected chi connectivity index (χ1v) is 6.12. The molecule has 1 aliphatic rings. The van der Waals surface area contributed by atoms with Crippen LogP contribution >= 0.6 is 0 Å². The second-order valence-corrected chi connectivity index (χ2v) is 5.23. The lowest BCUT2D eigenvalue weighted by Crippen LogP contribution is -2.59. The van der Waals surface area contributed by atoms with Crippen LogP contribution in [0.4, 0.5) is 0 Å². The molecule has 0 aromatic heterocycles. The number of likely N-dealkylation sites (N-methyl/N-ethyl adjacent to an activating group) is 2. The highest BCUT2D eigenvalue weighted by Crippen LogP contribution is 2.36. The normalized spacial score (nSPS) is 21.2. The number of hydrogen-bond donors (Lipinski definition) is 1. The van der Waals surface area contributed by atoms with Crippen LogP contribution in [0.15, 0.2) is 0 Å². The van der Waals surface area contributed by atoms with Crippen molar-refractivity contribution < 1.29 is 4.74 Å². The standard InChI is InChI=1S/C12H27N3O/c1-14(2)12(6-5-7-12)10-15(3)11(8-13)9-16-4/h11H,5-10,13H2,1-4H3. The minimum absolute atomic E-state index is 0.336. The number of nitrogens with zero attached hydrogens (tertiary/aromatic N) is 2. The third-order valence-electron chi connectivity index (χ3n) is 4.03. The van der Waals surface area contributed by atoms with E-state index in [4.69, 9.17) is 10.5 Å². The lowest BCUT2D eigenvalue weighted by atomic mass is 9.75. The first-order valence-electron chi connectivity index (χ1n) is 6.12. The van der Waals surface area contributed by atoms with Gasteiger partial charge in [-0.2, -0.15) is 0 Å². The summed E-state index contributed by atoms with van der Waals surface area (Å²) in [6, 6.07) is 0.336. The third kappa shape index (κ3) is 2.94. The maximum Gasteiger partial charge on any atom is 0.0630 e. The zero-order valence-corrected chi connectivity index (χ0v) is 11.2. The van der Waals surface area contributed by atoms with Crippen molar-refractivity contribution >= 4 is 0 Å². The molecule has 0 heterocycles. The lowest BCUT2D eigenvalue weighted by molar-refractivity contribution is 0.00495. The Kier molecular flexibility index (Phi) is 5.18. The Morgan fingerprint density at radius 2 is 1.94 bits per heavy atom. The fourth-order valence-corrected chi connectivity index (χ4v) is 2.49. The van der Waals surface area contributed by atoms with E-state index < -0.39 is 0 Å². The molecule has 0 radical (unpaired) electrons. The molecule has 1 rings (SSSR count). The Labute approximate surface area is 99.7 Å². The van der Waals surface area contributed by atoms with Crippen molar-refractivity contribution in [3.8, 4) is 0 Å². The average Bonchev–Trinajstić information content (AvgIpc) is 2.18. The molecule has 4 heteroatoms. The van der Waals surface area contributed by atoms with Crippen LogP contribution in [0.5, 0.6) is 0 Å². The summed E-state index contributed by atoms with van der Waals surface area (Å²) in [4.78, 5) is 4.72. The van der Waals surface area contributed by atoms with Gasteiger partial charge in [-0.1, -0.05) is 0 Å². The van der Waals surface area contributed by atoms with Crippen molar-refractivity contribution in [1.29, 1.82) is 0 Å². The van der Waals surface area contributed by atoms with Gasteiger partial charge in [-0.3, -0.25) is 4.90 Å². The van der Waals surface area contributed by atoms with Gasteiger partial charge in [0.25, 0.3) is 0 Å². The fourth-order valence-electron chi connectivity index (χ4n) is 2.49. The van der Waals surface area contributed by atoms with Gasteiger partial charge < -0.3 is 15.4 Å². The Balaban J connectivity index is 2.50. The molecule has 1 unspecified atom stereocenters. The molecule has 0 aromatic rings. The molecule has 96 valence electrons. The molecule has 1 atom stereocenters. The molecule has 1 aliphatic carbocycles. The minimum Gasteiger partial charge on any atom is -0.383 e. The number of methoxy groups -OCH3 is 1. The van der Waals surface area contributed by atoms with E-state index in [0.29, 0.717) is 18.1 Å². The maximum absolute atomic E-state index is 5.78. The Hall–Kier alpha value is -0.160. The highest BCUT2D eigenvalue weighted by Gasteiger charge is 2.40. The van der Waals surface area contributed by atoms with Crippen LogP contribution in [0, 0.1) is 0 Å². The Bertz CT molecular complexity index is 204. The van der Waals surface area contributed by atoms with Gasteiger partial charge in [-0.25, -0.2) is 0 Å². The maximum atomic E-state index is 5.78. The van der Waals surface area contributed by atoms with Gasteiger partial charge in [0.15, 0.2) is 0 Å². The minimum atomic E-state index is 0.336. The summed E-state index contributed by atoms with van der Waals surface area (Å²) in [7, 11) is 8.25. The predicted octanol–water partition coefficient (Wildman–Crippen LogP) is 0.376. The predicted molar refractivity (Wildman–Crippen MR) is 67.6 cm³/mol. The van der Waals surface area contributed by atoms with Gasteiger partial charge in [0.1, 0.15) is 0 Å². The van der Waals surface area contributed by atoms with E-state index in [9.17, 15) is 0 Å². The van der Waals surface area contributed by atoms with Crippen molar-refractivity contribution in [1.82, 2.24) is 9.80 Å². The summed E-state index contributed by atoms with van der Waals surface area (Å²) in [5.74, 6) is 0. The average molecular weight is 229 g/mol. The van der Waals surface area contributed by atoms with Crippen LogP contribution in [0.1, 0.15) is 19.3 Å². The molecule has 1 fully saturated rings. The first-order chi connectivity index (χ1) is 7.55. The summed E-state index contributed by atoms with van der Waals surface area (Å²) in [6.07, 6.45) is 3.95. The van der Waals surface area contributed by atoms with E-state index >= 15 is 0 Å². The topological polar surface area (TPSA) is 41.7 Å². The molecule has 0 bridgehead atoms. The quantitative estimate of drug-likeness (QED) is 0.685. The van der Waals surface area contributed by atoms with Crippen molar-refractivity contribution in [2.75, 3.05) is 47.9 Å². The molecule has 0 amide bonds. The Morgan fingerprint density at radius 3 is 2.25 bits per heavy atom. The number of hydrogen-bond acceptors (Lipinski definition) is 4. The summed E-state index contributed by atoms with van der Waals surface area (Å²) < 4.78 is 5.21. The molecular weight excluding hydrogens is 202 g/mol. The molecule has 1 saturated carbocycles.